The van der Waals surface area contributed by atoms with Crippen LogP contribution in [-0.4, -0.2) is 42.4 Å². The van der Waals surface area contributed by atoms with Crippen molar-refractivity contribution in [2.45, 2.75) is 10.6 Å². The molecule has 0 aliphatic carbocycles. The number of H-pyrrole nitrogens is 1. The highest BCUT2D eigenvalue weighted by Gasteiger charge is 2.22. The minimum atomic E-state index is -3.88. The van der Waals surface area contributed by atoms with Crippen molar-refractivity contribution in [3.8, 4) is 5.69 Å². The lowest BCUT2D eigenvalue weighted by Gasteiger charge is -2.10. The van der Waals surface area contributed by atoms with Gasteiger partial charge in [0.05, 0.1) is 20.9 Å². The third-order valence-corrected chi connectivity index (χ3v) is 8.78. The summed E-state index contributed by atoms with van der Waals surface area (Å²) in [5, 5.41) is 0.125. The Kier molecular flexibility index (Phi) is 6.94. The lowest BCUT2D eigenvalue weighted by molar-refractivity contribution is -0.116. The van der Waals surface area contributed by atoms with Crippen molar-refractivity contribution >= 4 is 55.3 Å². The van der Waals surface area contributed by atoms with Gasteiger partial charge in [-0.3, -0.25) is 14.6 Å². The summed E-state index contributed by atoms with van der Waals surface area (Å²) < 4.78 is 40.6. The zero-order chi connectivity index (χ0) is 26.2. The van der Waals surface area contributed by atoms with Crippen molar-refractivity contribution in [2.75, 3.05) is 12.8 Å². The highest BCUT2D eigenvalue weighted by atomic mass is 35.5. The molecular weight excluding hydrogens is 531 g/mol. The van der Waals surface area contributed by atoms with E-state index in [1.54, 1.807) is 6.07 Å². The van der Waals surface area contributed by atoms with Crippen LogP contribution < -0.4 is 17.0 Å². The first kappa shape index (κ1) is 25.5. The monoisotopic (exact) mass is 548 g/mol. The summed E-state index contributed by atoms with van der Waals surface area (Å²) in [7, 11) is -2.38. The van der Waals surface area contributed by atoms with E-state index in [4.69, 9.17) is 17.3 Å². The number of Topliss-reactive ketones (excluding diaryl/α,β-unsaturated/α-hetero) is 1. The van der Waals surface area contributed by atoms with E-state index in [-0.39, 0.29) is 43.0 Å². The minimum absolute atomic E-state index is 0.0333. The van der Waals surface area contributed by atoms with Gasteiger partial charge in [-0.15, -0.1) is 11.3 Å². The second-order valence-electron chi connectivity index (χ2n) is 7.76. The summed E-state index contributed by atoms with van der Waals surface area (Å²) in [5.41, 5.74) is 4.73. The molecular formula is C23H18ClFN4O5S2. The maximum Gasteiger partial charge on any atom is 0.333 e. The van der Waals surface area contributed by atoms with Gasteiger partial charge in [0.15, 0.2) is 15.6 Å². The number of nitrogens with two attached hydrogens (primary N) is 1. The zero-order valence-electron chi connectivity index (χ0n) is 18.6. The van der Waals surface area contributed by atoms with Crippen LogP contribution in [0.4, 0.5) is 4.39 Å². The maximum absolute atomic E-state index is 15.0. The predicted molar refractivity (Wildman–Crippen MR) is 137 cm³/mol. The van der Waals surface area contributed by atoms with E-state index >= 15 is 0 Å². The summed E-state index contributed by atoms with van der Waals surface area (Å²) >= 11 is 6.60. The molecule has 2 aromatic heterocycles. The van der Waals surface area contributed by atoms with E-state index in [1.165, 1.54) is 43.4 Å². The van der Waals surface area contributed by atoms with Crippen molar-refractivity contribution in [1.82, 2.24) is 9.55 Å². The lowest BCUT2D eigenvalue weighted by atomic mass is 10.1. The van der Waals surface area contributed by atoms with E-state index in [0.29, 0.717) is 10.1 Å². The Balaban J connectivity index is 1.63. The van der Waals surface area contributed by atoms with Crippen LogP contribution in [0.3, 0.4) is 0 Å². The number of fused-ring (bicyclic) bond motifs is 1. The normalized spacial score (nSPS) is 12.2. The van der Waals surface area contributed by atoms with Crippen LogP contribution in [0.15, 0.2) is 67.3 Å². The fourth-order valence-electron chi connectivity index (χ4n) is 3.59. The fourth-order valence-corrected chi connectivity index (χ4v) is 6.41. The standard InChI is InChI=1S/C23H18ClFN4O5S2/c1-27-21(26)13-3-4-15-17(10-13)28-23(32)29(22(15)31)18-5-2-12(9-16(18)25)8-14(30)11-36(33,34)20-7-6-19(24)35-20/h2-7,9-10H,8,11H2,1H3,(H2,26,27)(H,28,32). The maximum atomic E-state index is 15.0. The van der Waals surface area contributed by atoms with Crippen LogP contribution in [0.5, 0.6) is 0 Å². The number of thiophene rings is 1. The molecule has 2 aromatic carbocycles. The molecule has 0 aliphatic heterocycles. The van der Waals surface area contributed by atoms with Gasteiger partial charge in [-0.25, -0.2) is 22.2 Å². The molecule has 2 heterocycles. The summed E-state index contributed by atoms with van der Waals surface area (Å²) in [6.07, 6.45) is -0.359. The summed E-state index contributed by atoms with van der Waals surface area (Å²) in [6, 6.07) is 10.7. The third kappa shape index (κ3) is 5.01. The summed E-state index contributed by atoms with van der Waals surface area (Å²) in [4.78, 5) is 44.4. The van der Waals surface area contributed by atoms with Gasteiger partial charge < -0.3 is 10.7 Å². The Labute approximate surface area is 212 Å². The summed E-state index contributed by atoms with van der Waals surface area (Å²) in [6.45, 7) is 0. The zero-order valence-corrected chi connectivity index (χ0v) is 21.0. The second-order valence-corrected chi connectivity index (χ2v) is 11.7. The molecule has 13 heteroatoms. The molecule has 0 saturated heterocycles. The van der Waals surface area contributed by atoms with Gasteiger partial charge in [0, 0.05) is 19.0 Å². The molecule has 0 amide bonds. The van der Waals surface area contributed by atoms with Crippen molar-refractivity contribution in [3.63, 3.8) is 0 Å². The van der Waals surface area contributed by atoms with E-state index < -0.39 is 38.4 Å². The first-order valence-corrected chi connectivity index (χ1v) is 13.1. The molecule has 0 unspecified atom stereocenters. The fraction of sp³-hybridized carbons (Fsp3) is 0.130. The van der Waals surface area contributed by atoms with Crippen LogP contribution in [-0.2, 0) is 21.1 Å². The van der Waals surface area contributed by atoms with Crippen molar-refractivity contribution < 1.29 is 17.6 Å². The number of hydrogen-bond donors (Lipinski definition) is 2. The largest absolute Gasteiger partial charge is 0.384 e. The lowest BCUT2D eigenvalue weighted by Crippen LogP contribution is -2.34. The van der Waals surface area contributed by atoms with Crippen LogP contribution in [0.25, 0.3) is 16.6 Å². The van der Waals surface area contributed by atoms with Crippen molar-refractivity contribution in [1.29, 1.82) is 0 Å². The van der Waals surface area contributed by atoms with Crippen LogP contribution in [0.1, 0.15) is 11.1 Å². The number of sulfone groups is 1. The number of ketones is 1. The van der Waals surface area contributed by atoms with Crippen molar-refractivity contribution in [2.24, 2.45) is 10.7 Å². The van der Waals surface area contributed by atoms with Gasteiger partial charge >= 0.3 is 5.69 Å². The van der Waals surface area contributed by atoms with Gasteiger partial charge in [-0.2, -0.15) is 0 Å². The van der Waals surface area contributed by atoms with Gasteiger partial charge in [-0.1, -0.05) is 23.7 Å². The summed E-state index contributed by atoms with van der Waals surface area (Å²) in [5.74, 6) is -2.14. The number of nitrogens with zero attached hydrogens (tertiary/aromatic N) is 2. The van der Waals surface area contributed by atoms with Crippen LogP contribution in [0, 0.1) is 5.82 Å². The van der Waals surface area contributed by atoms with Crippen LogP contribution >= 0.6 is 22.9 Å². The molecule has 0 bridgehead atoms. The molecule has 4 rings (SSSR count). The number of carbonyl (C=O) groups excluding carboxylic acids is 1. The quantitative estimate of drug-likeness (QED) is 0.268. The Morgan fingerprint density at radius 2 is 1.92 bits per heavy atom. The van der Waals surface area contributed by atoms with E-state index in [1.807, 2.05) is 0 Å². The molecule has 0 spiro atoms. The van der Waals surface area contributed by atoms with Gasteiger partial charge in [-0.05, 0) is 42.0 Å². The molecule has 3 N–H and O–H groups in total. The molecule has 0 saturated carbocycles. The number of aliphatic imine (C=N–C) groups is 1. The molecule has 9 nitrogen and oxygen atoms in total. The number of amidine groups is 1. The van der Waals surface area contributed by atoms with Gasteiger partial charge in [0.1, 0.15) is 21.6 Å². The second kappa shape index (κ2) is 9.80. The molecule has 186 valence electrons. The van der Waals surface area contributed by atoms with Crippen LogP contribution in [0.2, 0.25) is 4.34 Å². The molecule has 0 fully saturated rings. The topological polar surface area (TPSA) is 144 Å². The third-order valence-electron chi connectivity index (χ3n) is 5.29. The predicted octanol–water partition coefficient (Wildman–Crippen LogP) is 2.45. The number of rotatable bonds is 7. The number of hydrogen-bond acceptors (Lipinski definition) is 7. The molecule has 4 aromatic rings. The average molecular weight is 549 g/mol. The first-order chi connectivity index (χ1) is 17.0. The minimum Gasteiger partial charge on any atom is -0.384 e. The van der Waals surface area contributed by atoms with Gasteiger partial charge in [0.25, 0.3) is 5.56 Å². The highest BCUT2D eigenvalue weighted by molar-refractivity contribution is 7.94. The first-order valence-electron chi connectivity index (χ1n) is 10.3. The molecule has 0 aliphatic rings. The van der Waals surface area contributed by atoms with E-state index in [9.17, 15) is 27.2 Å². The Bertz CT molecular complexity index is 1770. The van der Waals surface area contributed by atoms with Crippen molar-refractivity contribution in [3.05, 3.63) is 90.6 Å². The highest BCUT2D eigenvalue weighted by Crippen LogP contribution is 2.26. The number of aromatic nitrogens is 2. The van der Waals surface area contributed by atoms with E-state index in [0.717, 1.165) is 17.4 Å². The number of benzene rings is 2. The molecule has 36 heavy (non-hydrogen) atoms. The number of carbonyl (C=O) groups is 1. The Morgan fingerprint density at radius 3 is 2.56 bits per heavy atom. The number of nitrogens with one attached hydrogen (secondary N) is 1. The Hall–Kier alpha value is -3.61. The average Bonchev–Trinajstić information content (AvgIpc) is 3.26. The smallest absolute Gasteiger partial charge is 0.333 e. The number of halogens is 2. The molecule has 0 radical (unpaired) electrons. The van der Waals surface area contributed by atoms with E-state index in [2.05, 4.69) is 9.98 Å². The number of aromatic amines is 1. The molecule has 0 atom stereocenters. The van der Waals surface area contributed by atoms with Gasteiger partial charge in [0.2, 0.25) is 0 Å². The Morgan fingerprint density at radius 1 is 1.17 bits per heavy atom. The SMILES string of the molecule is CN=C(N)c1ccc2c(=O)n(-c3ccc(CC(=O)CS(=O)(=O)c4ccc(Cl)s4)cc3F)c(=O)[nH]c2c1.